The summed E-state index contributed by atoms with van der Waals surface area (Å²) in [6, 6.07) is 6.01. The number of nitrogens with zero attached hydrogens (tertiary/aromatic N) is 3. The number of hydrogen-bond acceptors (Lipinski definition) is 4. The smallest absolute Gasteiger partial charge is 0.260 e. The fraction of sp³-hybridized carbons (Fsp3) is 0.435. The minimum atomic E-state index is -0.308. The van der Waals surface area contributed by atoms with Crippen molar-refractivity contribution in [3.8, 4) is 5.69 Å². The molecule has 0 bridgehead atoms. The number of fused-ring (bicyclic) bond motifs is 1. The monoisotopic (exact) mass is 426 g/mol. The van der Waals surface area contributed by atoms with Crippen LogP contribution in [0, 0.1) is 24.1 Å². The number of aryl methyl sites for hydroxylation is 2. The predicted molar refractivity (Wildman–Crippen MR) is 118 cm³/mol. The number of amides is 1. The van der Waals surface area contributed by atoms with Crippen LogP contribution in [0.3, 0.4) is 0 Å². The third-order valence-corrected chi connectivity index (χ3v) is 7.45. The van der Waals surface area contributed by atoms with E-state index in [2.05, 4.69) is 36.2 Å². The first-order valence-corrected chi connectivity index (χ1v) is 11.2. The fourth-order valence-electron chi connectivity index (χ4n) is 3.96. The lowest BCUT2D eigenvalue weighted by Crippen LogP contribution is -2.28. The molecule has 1 aliphatic rings. The second-order valence-corrected chi connectivity index (χ2v) is 9.76. The Hall–Kier alpha value is -2.54. The molecule has 1 unspecified atom stereocenters. The lowest BCUT2D eigenvalue weighted by molar-refractivity contribution is 0.102. The Kier molecular flexibility index (Phi) is 5.49. The average molecular weight is 427 g/mol. The number of anilines is 1. The summed E-state index contributed by atoms with van der Waals surface area (Å²) in [5.41, 5.74) is 3.24. The van der Waals surface area contributed by atoms with Gasteiger partial charge in [-0.05, 0) is 61.8 Å². The number of carbonyl (C=O) groups is 1. The van der Waals surface area contributed by atoms with Gasteiger partial charge in [-0.25, -0.2) is 14.1 Å². The third kappa shape index (κ3) is 4.03. The van der Waals surface area contributed by atoms with Gasteiger partial charge >= 0.3 is 0 Å². The zero-order chi connectivity index (χ0) is 21.5. The maximum absolute atomic E-state index is 13.2. The van der Waals surface area contributed by atoms with Gasteiger partial charge in [-0.1, -0.05) is 27.2 Å². The molecule has 158 valence electrons. The summed E-state index contributed by atoms with van der Waals surface area (Å²) >= 11 is 1.59. The van der Waals surface area contributed by atoms with Crippen molar-refractivity contribution in [1.82, 2.24) is 14.8 Å². The van der Waals surface area contributed by atoms with Crippen molar-refractivity contribution in [3.05, 3.63) is 58.1 Å². The Morgan fingerprint density at radius 2 is 2.07 bits per heavy atom. The summed E-state index contributed by atoms with van der Waals surface area (Å²) in [6.07, 6.45) is 5.98. The number of carbonyl (C=O) groups excluding carboxylic acids is 1. The van der Waals surface area contributed by atoms with Crippen LogP contribution in [0.4, 0.5) is 9.52 Å². The van der Waals surface area contributed by atoms with E-state index >= 15 is 0 Å². The highest BCUT2D eigenvalue weighted by Gasteiger charge is 2.33. The molecule has 1 aromatic carbocycles. The van der Waals surface area contributed by atoms with Crippen molar-refractivity contribution in [2.24, 2.45) is 11.3 Å². The largest absolute Gasteiger partial charge is 0.298 e. The third-order valence-electron chi connectivity index (χ3n) is 6.41. The summed E-state index contributed by atoms with van der Waals surface area (Å²) in [7, 11) is 0. The van der Waals surface area contributed by atoms with Gasteiger partial charge in [-0.15, -0.1) is 11.3 Å². The molecule has 0 radical (unpaired) electrons. The molecule has 1 amide bonds. The van der Waals surface area contributed by atoms with Crippen LogP contribution in [0.5, 0.6) is 0 Å². The first-order valence-electron chi connectivity index (χ1n) is 10.4. The molecule has 0 fully saturated rings. The van der Waals surface area contributed by atoms with Crippen LogP contribution in [-0.4, -0.2) is 20.7 Å². The zero-order valence-electron chi connectivity index (χ0n) is 17.8. The van der Waals surface area contributed by atoms with Crippen LogP contribution in [0.1, 0.15) is 60.2 Å². The molecule has 0 saturated heterocycles. The number of hydrogen-bond donors (Lipinski definition) is 1. The van der Waals surface area contributed by atoms with E-state index in [1.165, 1.54) is 17.0 Å². The number of halogens is 1. The lowest BCUT2D eigenvalue weighted by atomic mass is 9.70. The Balaban J connectivity index is 1.50. The molecule has 0 saturated carbocycles. The van der Waals surface area contributed by atoms with Crippen molar-refractivity contribution in [2.45, 2.75) is 53.4 Å². The molecule has 7 heteroatoms. The summed E-state index contributed by atoms with van der Waals surface area (Å²) in [5.74, 6) is 0.116. The van der Waals surface area contributed by atoms with E-state index < -0.39 is 0 Å². The molecule has 1 atom stereocenters. The highest BCUT2D eigenvalue weighted by Crippen LogP contribution is 2.42. The Bertz CT molecular complexity index is 1070. The van der Waals surface area contributed by atoms with Crippen molar-refractivity contribution in [2.75, 3.05) is 5.32 Å². The van der Waals surface area contributed by atoms with E-state index in [1.54, 1.807) is 41.3 Å². The molecular formula is C23H27FN4OS. The quantitative estimate of drug-likeness (QED) is 0.580. The Morgan fingerprint density at radius 3 is 2.77 bits per heavy atom. The summed E-state index contributed by atoms with van der Waals surface area (Å²) in [5, 5.41) is 8.00. The molecule has 0 aliphatic heterocycles. The number of rotatable bonds is 5. The van der Waals surface area contributed by atoms with Crippen molar-refractivity contribution >= 4 is 22.4 Å². The molecule has 1 N–H and O–H groups in total. The van der Waals surface area contributed by atoms with Crippen LogP contribution in [0.25, 0.3) is 5.69 Å². The van der Waals surface area contributed by atoms with Gasteiger partial charge in [0.25, 0.3) is 5.91 Å². The van der Waals surface area contributed by atoms with E-state index in [0.29, 0.717) is 33.4 Å². The van der Waals surface area contributed by atoms with Crippen LogP contribution < -0.4 is 5.32 Å². The van der Waals surface area contributed by atoms with Crippen molar-refractivity contribution < 1.29 is 9.18 Å². The van der Waals surface area contributed by atoms with Gasteiger partial charge < -0.3 is 0 Å². The van der Waals surface area contributed by atoms with Gasteiger partial charge in [0.15, 0.2) is 5.13 Å². The number of benzene rings is 1. The Morgan fingerprint density at radius 1 is 1.33 bits per heavy atom. The van der Waals surface area contributed by atoms with Crippen molar-refractivity contribution in [3.63, 3.8) is 0 Å². The number of thiazole rings is 1. The molecule has 3 aromatic rings. The highest BCUT2D eigenvalue weighted by molar-refractivity contribution is 7.15. The summed E-state index contributed by atoms with van der Waals surface area (Å²) < 4.78 is 14.8. The normalized spacial score (nSPS) is 16.4. The van der Waals surface area contributed by atoms with Crippen molar-refractivity contribution in [1.29, 1.82) is 0 Å². The minimum absolute atomic E-state index is 0.225. The first kappa shape index (κ1) is 20.7. The Labute approximate surface area is 180 Å². The maximum atomic E-state index is 13.2. The number of nitrogens with one attached hydrogen (secondary N) is 1. The van der Waals surface area contributed by atoms with E-state index in [9.17, 15) is 9.18 Å². The SMILES string of the molecule is CCC(C)(C)C1CCc2nc(NC(=O)c3cn(-c4ccc(F)cc4)nc3C)sc2C1. The summed E-state index contributed by atoms with van der Waals surface area (Å²) in [6.45, 7) is 8.73. The van der Waals surface area contributed by atoms with Gasteiger partial charge in [0.05, 0.1) is 22.6 Å². The van der Waals surface area contributed by atoms with E-state index in [1.807, 2.05) is 0 Å². The standard InChI is InChI=1S/C23H27FN4OS/c1-5-23(3,4)15-6-11-19-20(12-15)30-22(25-19)26-21(29)18-13-28(27-14(18)2)17-9-7-16(24)8-10-17/h7-10,13,15H,5-6,11-12H2,1-4H3,(H,25,26,29). The fourth-order valence-corrected chi connectivity index (χ4v) is 5.04. The van der Waals surface area contributed by atoms with Crippen LogP contribution >= 0.6 is 11.3 Å². The van der Waals surface area contributed by atoms with Gasteiger partial charge in [-0.3, -0.25) is 10.1 Å². The van der Waals surface area contributed by atoms with Gasteiger partial charge in [0.1, 0.15) is 5.82 Å². The van der Waals surface area contributed by atoms with Gasteiger partial charge in [-0.2, -0.15) is 5.10 Å². The van der Waals surface area contributed by atoms with E-state index in [0.717, 1.165) is 31.4 Å². The van der Waals surface area contributed by atoms with Gasteiger partial charge in [0.2, 0.25) is 0 Å². The zero-order valence-corrected chi connectivity index (χ0v) is 18.6. The number of aromatic nitrogens is 3. The van der Waals surface area contributed by atoms with Crippen LogP contribution in [0.2, 0.25) is 0 Å². The minimum Gasteiger partial charge on any atom is -0.298 e. The molecule has 0 spiro atoms. The highest BCUT2D eigenvalue weighted by atomic mass is 32.1. The topological polar surface area (TPSA) is 59.8 Å². The van der Waals surface area contributed by atoms with E-state index in [4.69, 9.17) is 0 Å². The maximum Gasteiger partial charge on any atom is 0.260 e. The second kappa shape index (κ2) is 7.95. The molecule has 1 aliphatic carbocycles. The molecule has 4 rings (SSSR count). The average Bonchev–Trinajstić information content (AvgIpc) is 3.30. The van der Waals surface area contributed by atoms with E-state index in [-0.39, 0.29) is 11.7 Å². The van der Waals surface area contributed by atoms with Crippen LogP contribution in [0.15, 0.2) is 30.5 Å². The first-order chi connectivity index (χ1) is 14.3. The van der Waals surface area contributed by atoms with Gasteiger partial charge in [0, 0.05) is 11.1 Å². The van der Waals surface area contributed by atoms with Crippen LogP contribution in [-0.2, 0) is 12.8 Å². The summed E-state index contributed by atoms with van der Waals surface area (Å²) in [4.78, 5) is 18.8. The molecule has 2 heterocycles. The molecule has 5 nitrogen and oxygen atoms in total. The lowest BCUT2D eigenvalue weighted by Gasteiger charge is -2.35. The predicted octanol–water partition coefficient (Wildman–Crippen LogP) is 5.57. The molecule has 2 aromatic heterocycles. The molecule has 30 heavy (non-hydrogen) atoms. The second-order valence-electron chi connectivity index (χ2n) is 8.67. The molecular weight excluding hydrogens is 399 g/mol.